The second-order valence-corrected chi connectivity index (χ2v) is 6.64. The Morgan fingerprint density at radius 3 is 2.20 bits per heavy atom. The molecule has 106 valence electrons. The van der Waals surface area contributed by atoms with Gasteiger partial charge in [0.25, 0.3) is 0 Å². The van der Waals surface area contributed by atoms with Gasteiger partial charge in [-0.1, -0.05) is 24.3 Å². The molecular weight excluding hydrogens is 409 g/mol. The summed E-state index contributed by atoms with van der Waals surface area (Å²) in [5.41, 5.74) is 1.55. The number of alkyl halides is 2. The predicted octanol–water partition coefficient (Wildman–Crippen LogP) is 5.39. The Morgan fingerprint density at radius 2 is 1.65 bits per heavy atom. The van der Waals surface area contributed by atoms with Gasteiger partial charge in [0.1, 0.15) is 5.82 Å². The van der Waals surface area contributed by atoms with Crippen molar-refractivity contribution in [1.29, 1.82) is 0 Å². The van der Waals surface area contributed by atoms with Crippen LogP contribution in [0.15, 0.2) is 48.5 Å². The first-order chi connectivity index (χ1) is 9.59. The lowest BCUT2D eigenvalue weighted by Gasteiger charge is -2.30. The normalized spacial score (nSPS) is 11.6. The van der Waals surface area contributed by atoms with Crippen LogP contribution in [0, 0.1) is 9.39 Å². The summed E-state index contributed by atoms with van der Waals surface area (Å²) in [5.74, 6) is 0.447. The quantitative estimate of drug-likeness (QED) is 0.447. The van der Waals surface area contributed by atoms with E-state index in [1.807, 2.05) is 6.07 Å². The molecule has 20 heavy (non-hydrogen) atoms. The van der Waals surface area contributed by atoms with Gasteiger partial charge in [0.2, 0.25) is 0 Å². The van der Waals surface area contributed by atoms with E-state index < -0.39 is 5.41 Å². The van der Waals surface area contributed by atoms with Crippen LogP contribution in [0.4, 0.5) is 4.39 Å². The smallest absolute Gasteiger partial charge is 0.123 e. The van der Waals surface area contributed by atoms with E-state index in [1.165, 1.54) is 15.7 Å². The zero-order chi connectivity index (χ0) is 14.6. The Labute approximate surface area is 142 Å². The van der Waals surface area contributed by atoms with Gasteiger partial charge < -0.3 is 0 Å². The largest absolute Gasteiger partial charge is 0.207 e. The molecule has 0 aliphatic heterocycles. The van der Waals surface area contributed by atoms with E-state index in [-0.39, 0.29) is 5.82 Å². The van der Waals surface area contributed by atoms with E-state index in [2.05, 4.69) is 46.9 Å². The zero-order valence-electron chi connectivity index (χ0n) is 10.8. The van der Waals surface area contributed by atoms with Gasteiger partial charge in [0.05, 0.1) is 0 Å². The van der Waals surface area contributed by atoms with Crippen LogP contribution in [0.3, 0.4) is 0 Å². The predicted molar refractivity (Wildman–Crippen MR) is 92.4 cm³/mol. The van der Waals surface area contributed by atoms with Gasteiger partial charge in [-0.2, -0.15) is 0 Å². The molecule has 0 saturated carbocycles. The van der Waals surface area contributed by atoms with Gasteiger partial charge >= 0.3 is 0 Å². The molecule has 0 aromatic heterocycles. The molecule has 0 unspecified atom stereocenters. The van der Waals surface area contributed by atoms with E-state index >= 15 is 0 Å². The first-order valence-electron chi connectivity index (χ1n) is 6.22. The van der Waals surface area contributed by atoms with Crippen LogP contribution in [-0.4, -0.2) is 11.8 Å². The lowest BCUT2D eigenvalue weighted by Crippen LogP contribution is -2.33. The number of halogens is 4. The average molecular weight is 423 g/mol. The monoisotopic (exact) mass is 422 g/mol. The Hall–Kier alpha value is -0.320. The number of benzene rings is 2. The van der Waals surface area contributed by atoms with Crippen molar-refractivity contribution in [3.8, 4) is 0 Å². The van der Waals surface area contributed by atoms with E-state index in [0.717, 1.165) is 11.1 Å². The maximum Gasteiger partial charge on any atom is 0.123 e. The minimum absolute atomic E-state index is 0.260. The maximum absolute atomic E-state index is 13.5. The van der Waals surface area contributed by atoms with Crippen molar-refractivity contribution in [1.82, 2.24) is 0 Å². The molecular formula is C16H14Cl2FI. The van der Waals surface area contributed by atoms with Crippen molar-refractivity contribution >= 4 is 45.8 Å². The highest BCUT2D eigenvalue weighted by molar-refractivity contribution is 14.1. The summed E-state index contributed by atoms with van der Waals surface area (Å²) in [6.45, 7) is 0. The first-order valence-corrected chi connectivity index (χ1v) is 8.37. The highest BCUT2D eigenvalue weighted by Crippen LogP contribution is 2.32. The Bertz CT molecular complexity index is 565. The summed E-state index contributed by atoms with van der Waals surface area (Å²) in [7, 11) is 0. The van der Waals surface area contributed by atoms with Gasteiger partial charge in [0.15, 0.2) is 0 Å². The average Bonchev–Trinajstić information content (AvgIpc) is 2.47. The second-order valence-electron chi connectivity index (χ2n) is 4.86. The van der Waals surface area contributed by atoms with Crippen molar-refractivity contribution in [3.05, 3.63) is 69.0 Å². The minimum Gasteiger partial charge on any atom is -0.207 e. The lowest BCUT2D eigenvalue weighted by molar-refractivity contribution is 0.528. The molecule has 0 radical (unpaired) electrons. The molecule has 2 aromatic rings. The molecule has 0 bridgehead atoms. The summed E-state index contributed by atoms with van der Waals surface area (Å²) in [6.07, 6.45) is 0.695. The number of hydrogen-bond donors (Lipinski definition) is 0. The highest BCUT2D eigenvalue weighted by Gasteiger charge is 2.31. The first kappa shape index (κ1) is 16.1. The van der Waals surface area contributed by atoms with Crippen molar-refractivity contribution in [2.45, 2.75) is 11.8 Å². The molecule has 4 heteroatoms. The van der Waals surface area contributed by atoms with Crippen LogP contribution in [0.1, 0.15) is 11.1 Å². The molecule has 2 rings (SSSR count). The summed E-state index contributed by atoms with van der Waals surface area (Å²) in [6, 6.07) is 14.8. The molecule has 0 heterocycles. The molecule has 0 spiro atoms. The minimum atomic E-state index is -0.446. The Balaban J connectivity index is 2.36. The molecule has 0 N–H and O–H groups in total. The van der Waals surface area contributed by atoms with Crippen LogP contribution in [0.5, 0.6) is 0 Å². The van der Waals surface area contributed by atoms with Crippen LogP contribution in [0.25, 0.3) is 0 Å². The Kier molecular flexibility index (Phi) is 5.70. The van der Waals surface area contributed by atoms with Gasteiger partial charge in [-0.05, 0) is 64.4 Å². The summed E-state index contributed by atoms with van der Waals surface area (Å²) < 4.78 is 14.7. The molecule has 0 atom stereocenters. The Morgan fingerprint density at radius 1 is 1.00 bits per heavy atom. The van der Waals surface area contributed by atoms with E-state index in [4.69, 9.17) is 23.2 Å². The van der Waals surface area contributed by atoms with Crippen molar-refractivity contribution in [2.24, 2.45) is 0 Å². The second kappa shape index (κ2) is 7.10. The molecule has 0 fully saturated rings. The highest BCUT2D eigenvalue weighted by atomic mass is 127. The van der Waals surface area contributed by atoms with Gasteiger partial charge in [-0.3, -0.25) is 0 Å². The molecule has 0 amide bonds. The van der Waals surface area contributed by atoms with Gasteiger partial charge in [-0.25, -0.2) is 4.39 Å². The standard InChI is InChI=1S/C16H14Cl2FI/c17-10-16(11-18,13-2-1-3-14(19)8-13)9-12-4-6-15(20)7-5-12/h1-8H,9-11H2. The molecule has 0 saturated heterocycles. The maximum atomic E-state index is 13.5. The van der Waals surface area contributed by atoms with E-state index in [1.54, 1.807) is 6.07 Å². The SMILES string of the molecule is Fc1cccc(C(CCl)(CCl)Cc2ccc(I)cc2)c1. The van der Waals surface area contributed by atoms with Crippen LogP contribution < -0.4 is 0 Å². The molecule has 0 aliphatic carbocycles. The number of hydrogen-bond acceptors (Lipinski definition) is 0. The zero-order valence-corrected chi connectivity index (χ0v) is 14.4. The topological polar surface area (TPSA) is 0 Å². The van der Waals surface area contributed by atoms with Crippen LogP contribution >= 0.6 is 45.8 Å². The fraction of sp³-hybridized carbons (Fsp3) is 0.250. The van der Waals surface area contributed by atoms with Gasteiger partial charge in [-0.15, -0.1) is 23.2 Å². The third-order valence-electron chi connectivity index (χ3n) is 3.40. The lowest BCUT2D eigenvalue weighted by atomic mass is 9.78. The molecule has 0 aliphatic rings. The third kappa shape index (κ3) is 3.66. The summed E-state index contributed by atoms with van der Waals surface area (Å²) in [5, 5.41) is 0. The van der Waals surface area contributed by atoms with Crippen molar-refractivity contribution < 1.29 is 4.39 Å². The van der Waals surface area contributed by atoms with Crippen molar-refractivity contribution in [3.63, 3.8) is 0 Å². The fourth-order valence-electron chi connectivity index (χ4n) is 2.20. The van der Waals surface area contributed by atoms with E-state index in [9.17, 15) is 4.39 Å². The summed E-state index contributed by atoms with van der Waals surface area (Å²) >= 11 is 14.6. The summed E-state index contributed by atoms with van der Waals surface area (Å²) in [4.78, 5) is 0. The van der Waals surface area contributed by atoms with Crippen LogP contribution in [-0.2, 0) is 11.8 Å². The third-order valence-corrected chi connectivity index (χ3v) is 5.15. The number of rotatable bonds is 5. The fourth-order valence-corrected chi connectivity index (χ4v) is 3.34. The van der Waals surface area contributed by atoms with Crippen LogP contribution in [0.2, 0.25) is 0 Å². The van der Waals surface area contributed by atoms with Crippen molar-refractivity contribution in [2.75, 3.05) is 11.8 Å². The molecule has 0 nitrogen and oxygen atoms in total. The molecule has 2 aromatic carbocycles. The van der Waals surface area contributed by atoms with Gasteiger partial charge in [0, 0.05) is 20.7 Å². The van der Waals surface area contributed by atoms with E-state index in [0.29, 0.717) is 18.2 Å².